The van der Waals surface area contributed by atoms with Gasteiger partial charge in [0.25, 0.3) is 0 Å². The van der Waals surface area contributed by atoms with Crippen LogP contribution in [-0.2, 0) is 62.7 Å². The standard InChI is InChI=1S/C15H13F3N2O2S.C14H13F3N2S.2CO2/c16-8-1-2-9(17)14(18)13(8)7-5-11-10(3-4-12(21)22)19-15(23)20(11)6-7;1-2-10-11-5-7(6-19(11)14(20)18-10)12-8(15)3-4-9(16)13(12)17;2*2-1-3/h1-2,7H,3-6H2,(H,19,23)(H,21,22);3-4,7H,2,5-6H2,1H3,(H,18,20);;/t2*7-;;/m00../s1. The Morgan fingerprint density at radius 2 is 1.12 bits per heavy atom. The van der Waals surface area contributed by atoms with Gasteiger partial charge in [0.2, 0.25) is 0 Å². The Kier molecular flexibility index (Phi) is 13.4. The average molecular weight is 729 g/mol. The first-order valence-corrected chi connectivity index (χ1v) is 15.1. The number of carbonyl (C=O) groups is 1. The molecule has 0 spiro atoms. The molecule has 2 aliphatic heterocycles. The minimum atomic E-state index is -1.18. The first-order valence-electron chi connectivity index (χ1n) is 14.3. The summed E-state index contributed by atoms with van der Waals surface area (Å²) in [4.78, 5) is 49.2. The van der Waals surface area contributed by atoms with E-state index < -0.39 is 52.7 Å². The predicted octanol–water partition coefficient (Wildman–Crippen LogP) is 6.02. The fraction of sp³-hybridized carbons (Fsp3) is 0.323. The Morgan fingerprint density at radius 1 is 0.755 bits per heavy atom. The van der Waals surface area contributed by atoms with Gasteiger partial charge < -0.3 is 24.2 Å². The van der Waals surface area contributed by atoms with Crippen molar-refractivity contribution in [3.63, 3.8) is 0 Å². The van der Waals surface area contributed by atoms with E-state index in [1.54, 1.807) is 4.57 Å². The number of imidazole rings is 2. The van der Waals surface area contributed by atoms with Crippen LogP contribution in [-0.4, -0.2) is 42.5 Å². The van der Waals surface area contributed by atoms with Gasteiger partial charge in [0, 0.05) is 58.8 Å². The van der Waals surface area contributed by atoms with Crippen molar-refractivity contribution < 1.29 is 55.4 Å². The largest absolute Gasteiger partial charge is 0.481 e. The van der Waals surface area contributed by atoms with Crippen molar-refractivity contribution in [2.75, 3.05) is 0 Å². The first-order chi connectivity index (χ1) is 23.2. The number of hydrogen-bond donors (Lipinski definition) is 3. The third-order valence-electron chi connectivity index (χ3n) is 7.96. The van der Waals surface area contributed by atoms with Gasteiger partial charge >= 0.3 is 18.3 Å². The fourth-order valence-corrected chi connectivity index (χ4v) is 6.57. The van der Waals surface area contributed by atoms with Crippen LogP contribution in [0.5, 0.6) is 0 Å². The van der Waals surface area contributed by atoms with E-state index >= 15 is 0 Å². The van der Waals surface area contributed by atoms with Crippen LogP contribution < -0.4 is 0 Å². The zero-order valence-electron chi connectivity index (χ0n) is 25.4. The van der Waals surface area contributed by atoms with Crippen molar-refractivity contribution in [3.8, 4) is 0 Å². The first kappa shape index (κ1) is 38.6. The molecule has 18 heteroatoms. The Hall–Kier alpha value is -4.89. The normalized spacial score (nSPS) is 15.2. The highest BCUT2D eigenvalue weighted by Crippen LogP contribution is 2.36. The zero-order valence-corrected chi connectivity index (χ0v) is 27.0. The SMILES string of the molecule is CCc1[nH]c(=S)n2c1C[C@H](c1c(F)ccc(F)c1F)C2.O=C(O)CCc1[nH]c(=S)n2c1C[C@H](c1c(F)ccc(F)c1F)C2.O=C=O.O=C=O. The molecule has 260 valence electrons. The smallest absolute Gasteiger partial charge is 0.373 e. The molecule has 49 heavy (non-hydrogen) atoms. The van der Waals surface area contributed by atoms with E-state index in [-0.39, 0.29) is 49.2 Å². The summed E-state index contributed by atoms with van der Waals surface area (Å²) in [5.41, 5.74) is 2.86. The molecule has 3 N–H and O–H groups in total. The highest BCUT2D eigenvalue weighted by Gasteiger charge is 2.33. The van der Waals surface area contributed by atoms with Crippen LogP contribution >= 0.6 is 24.4 Å². The van der Waals surface area contributed by atoms with Crippen LogP contribution in [0, 0.1) is 44.4 Å². The minimum absolute atomic E-state index is 0.0738. The maximum atomic E-state index is 14.0. The van der Waals surface area contributed by atoms with Crippen LogP contribution in [0.3, 0.4) is 0 Å². The second-order valence-electron chi connectivity index (χ2n) is 10.7. The number of aromatic nitrogens is 4. The Labute approximate surface area is 283 Å². The van der Waals surface area contributed by atoms with Crippen LogP contribution in [0.1, 0.15) is 59.1 Å². The second-order valence-corrected chi connectivity index (χ2v) is 11.4. The van der Waals surface area contributed by atoms with Crippen molar-refractivity contribution in [1.29, 1.82) is 0 Å². The van der Waals surface area contributed by atoms with Crippen LogP contribution in [0.25, 0.3) is 0 Å². The summed E-state index contributed by atoms with van der Waals surface area (Å²) in [6, 6.07) is 3.46. The summed E-state index contributed by atoms with van der Waals surface area (Å²) in [5, 5.41) is 8.78. The number of halogens is 6. The van der Waals surface area contributed by atoms with E-state index in [0.717, 1.165) is 47.8 Å². The van der Waals surface area contributed by atoms with Crippen molar-refractivity contribution >= 4 is 42.7 Å². The number of aliphatic carboxylic acids is 1. The number of fused-ring (bicyclic) bond motifs is 2. The number of carboxylic acids is 1. The van der Waals surface area contributed by atoms with Gasteiger partial charge in [-0.25, -0.2) is 26.3 Å². The van der Waals surface area contributed by atoms with Gasteiger partial charge in [0.05, 0.1) is 6.42 Å². The lowest BCUT2D eigenvalue weighted by Crippen LogP contribution is -2.09. The second kappa shape index (κ2) is 17.0. The van der Waals surface area contributed by atoms with Crippen LogP contribution in [0.15, 0.2) is 24.3 Å². The Morgan fingerprint density at radius 3 is 1.51 bits per heavy atom. The number of aryl methyl sites for hydroxylation is 2. The van der Waals surface area contributed by atoms with Gasteiger partial charge in [-0.3, -0.25) is 4.79 Å². The molecular formula is C31H26F6N4O6S2. The Balaban J connectivity index is 0.000000230. The molecule has 0 saturated heterocycles. The number of H-pyrrole nitrogens is 2. The van der Waals surface area contributed by atoms with Crippen molar-refractivity contribution in [2.45, 2.75) is 64.0 Å². The molecule has 0 unspecified atom stereocenters. The summed E-state index contributed by atoms with van der Waals surface area (Å²) in [7, 11) is 0. The predicted molar refractivity (Wildman–Crippen MR) is 160 cm³/mol. The average Bonchev–Trinajstić information content (AvgIpc) is 3.81. The third-order valence-corrected chi connectivity index (χ3v) is 8.60. The molecule has 2 aromatic heterocycles. The maximum Gasteiger partial charge on any atom is 0.373 e. The number of nitrogens with one attached hydrogen (secondary N) is 2. The van der Waals surface area contributed by atoms with Crippen molar-refractivity contribution in [3.05, 3.63) is 103 Å². The molecule has 4 aromatic rings. The lowest BCUT2D eigenvalue weighted by atomic mass is 9.95. The number of benzene rings is 2. The van der Waals surface area contributed by atoms with E-state index in [1.165, 1.54) is 0 Å². The molecule has 0 bridgehead atoms. The van der Waals surface area contributed by atoms with Gasteiger partial charge in [-0.15, -0.1) is 0 Å². The van der Waals surface area contributed by atoms with E-state index in [9.17, 15) is 31.1 Å². The zero-order chi connectivity index (χ0) is 36.6. The third kappa shape index (κ3) is 8.59. The summed E-state index contributed by atoms with van der Waals surface area (Å²) < 4.78 is 86.8. The molecular weight excluding hydrogens is 702 g/mol. The summed E-state index contributed by atoms with van der Waals surface area (Å²) in [6.07, 6.45) is 2.19. The van der Waals surface area contributed by atoms with Crippen molar-refractivity contribution in [2.24, 2.45) is 0 Å². The van der Waals surface area contributed by atoms with Crippen molar-refractivity contribution in [1.82, 2.24) is 19.1 Å². The van der Waals surface area contributed by atoms with E-state index in [4.69, 9.17) is 48.7 Å². The van der Waals surface area contributed by atoms with Gasteiger partial charge in [0.1, 0.15) is 11.6 Å². The molecule has 2 aromatic carbocycles. The summed E-state index contributed by atoms with van der Waals surface area (Å²) in [5.74, 6) is -7.79. The number of carbonyl (C=O) groups excluding carboxylic acids is 4. The number of aromatic amines is 2. The van der Waals surface area contributed by atoms with E-state index in [0.29, 0.717) is 28.2 Å². The highest BCUT2D eigenvalue weighted by atomic mass is 32.1. The summed E-state index contributed by atoms with van der Waals surface area (Å²) >= 11 is 10.4. The molecule has 0 amide bonds. The topological polar surface area (TPSA) is 147 Å². The van der Waals surface area contributed by atoms with Crippen LogP contribution in [0.4, 0.5) is 26.3 Å². The number of nitrogens with zero attached hydrogens (tertiary/aromatic N) is 2. The van der Waals surface area contributed by atoms with E-state index in [1.807, 2.05) is 11.5 Å². The molecule has 2 atom stereocenters. The lowest BCUT2D eigenvalue weighted by Gasteiger charge is -2.12. The molecule has 0 aliphatic carbocycles. The number of carboxylic acid groups (broad SMARTS) is 1. The molecule has 0 saturated carbocycles. The number of hydrogen-bond acceptors (Lipinski definition) is 7. The van der Waals surface area contributed by atoms with Gasteiger partial charge in [0.15, 0.2) is 32.8 Å². The molecule has 0 radical (unpaired) electrons. The quantitative estimate of drug-likeness (QED) is 0.124. The molecule has 10 nitrogen and oxygen atoms in total. The van der Waals surface area contributed by atoms with Gasteiger partial charge in [-0.05, 0) is 74.4 Å². The molecule has 2 aliphatic rings. The maximum absolute atomic E-state index is 14.0. The molecule has 4 heterocycles. The number of rotatable bonds is 6. The van der Waals surface area contributed by atoms with Gasteiger partial charge in [-0.1, -0.05) is 6.92 Å². The monoisotopic (exact) mass is 728 g/mol. The van der Waals surface area contributed by atoms with E-state index in [2.05, 4.69) is 9.97 Å². The van der Waals surface area contributed by atoms with Gasteiger partial charge in [-0.2, -0.15) is 19.2 Å². The summed E-state index contributed by atoms with van der Waals surface area (Å²) in [6.45, 7) is 2.59. The highest BCUT2D eigenvalue weighted by molar-refractivity contribution is 7.71. The fourth-order valence-electron chi connectivity index (χ4n) is 5.95. The molecule has 6 rings (SSSR count). The lowest BCUT2D eigenvalue weighted by molar-refractivity contribution is -0.193. The van der Waals surface area contributed by atoms with Crippen LogP contribution in [0.2, 0.25) is 0 Å². The molecule has 0 fully saturated rings. The Bertz CT molecular complexity index is 2030. The minimum Gasteiger partial charge on any atom is -0.481 e.